The summed E-state index contributed by atoms with van der Waals surface area (Å²) in [6, 6.07) is 9.05. The molecule has 1 aromatic carbocycles. The van der Waals surface area contributed by atoms with Crippen molar-refractivity contribution in [1.82, 2.24) is 5.06 Å². The largest absolute Gasteiger partial charge is 0.481 e. The maximum absolute atomic E-state index is 12.0. The molecule has 0 saturated heterocycles. The van der Waals surface area contributed by atoms with Gasteiger partial charge in [-0.15, -0.1) is 7.92 Å². The van der Waals surface area contributed by atoms with E-state index in [1.807, 2.05) is 18.2 Å². The van der Waals surface area contributed by atoms with E-state index in [9.17, 15) is 19.6 Å². The minimum Gasteiger partial charge on any atom is -0.481 e. The lowest BCUT2D eigenvalue weighted by molar-refractivity contribution is -0.167. The fourth-order valence-corrected chi connectivity index (χ4v) is 4.26. The average Bonchev–Trinajstić information content (AvgIpc) is 2.54. The van der Waals surface area contributed by atoms with Crippen molar-refractivity contribution in [2.45, 2.75) is 25.8 Å². The molecular formula is C16H22NO6P. The standard InChI is InChI=1S/C16H22NO6P/c18-14(17(23)12-13-4-2-1-3-5-13)6-9-24(10-7-15(19)20)11-8-16(21)22/h1-5,23H,6-12H2,(H,19,20)(H,21,22). The molecule has 0 aromatic heterocycles. The van der Waals surface area contributed by atoms with Gasteiger partial charge in [-0.2, -0.15) is 0 Å². The third-order valence-electron chi connectivity index (χ3n) is 3.39. The number of carboxylic acid groups (broad SMARTS) is 2. The molecule has 24 heavy (non-hydrogen) atoms. The highest BCUT2D eigenvalue weighted by atomic mass is 31.1. The number of hydrogen-bond donors (Lipinski definition) is 3. The highest BCUT2D eigenvalue weighted by Gasteiger charge is 2.17. The molecule has 0 bridgehead atoms. The molecule has 3 N–H and O–H groups in total. The summed E-state index contributed by atoms with van der Waals surface area (Å²) < 4.78 is 0. The van der Waals surface area contributed by atoms with Crippen LogP contribution in [0.1, 0.15) is 24.8 Å². The lowest BCUT2D eigenvalue weighted by Gasteiger charge is -2.19. The highest BCUT2D eigenvalue weighted by molar-refractivity contribution is 7.57. The fraction of sp³-hybridized carbons (Fsp3) is 0.438. The van der Waals surface area contributed by atoms with Gasteiger partial charge in [0.15, 0.2) is 0 Å². The Morgan fingerprint density at radius 1 is 0.875 bits per heavy atom. The van der Waals surface area contributed by atoms with E-state index in [-0.39, 0.29) is 25.8 Å². The smallest absolute Gasteiger partial charge is 0.303 e. The molecule has 8 heteroatoms. The molecule has 0 aliphatic carbocycles. The third kappa shape index (κ3) is 8.60. The summed E-state index contributed by atoms with van der Waals surface area (Å²) >= 11 is 0. The first-order valence-corrected chi connectivity index (χ1v) is 9.47. The Hall–Kier alpha value is -1.98. The molecular weight excluding hydrogens is 333 g/mol. The van der Waals surface area contributed by atoms with E-state index in [1.54, 1.807) is 12.1 Å². The summed E-state index contributed by atoms with van der Waals surface area (Å²) in [4.78, 5) is 33.3. The van der Waals surface area contributed by atoms with Crippen LogP contribution in [0.4, 0.5) is 0 Å². The molecule has 0 atom stereocenters. The second kappa shape index (κ2) is 10.7. The maximum Gasteiger partial charge on any atom is 0.303 e. The van der Waals surface area contributed by atoms with Gasteiger partial charge in [0.1, 0.15) is 0 Å². The van der Waals surface area contributed by atoms with Gasteiger partial charge in [0, 0.05) is 19.3 Å². The van der Waals surface area contributed by atoms with Crippen molar-refractivity contribution in [3.05, 3.63) is 35.9 Å². The number of nitrogens with zero attached hydrogens (tertiary/aromatic N) is 1. The number of carboxylic acids is 2. The van der Waals surface area contributed by atoms with Crippen molar-refractivity contribution in [3.8, 4) is 0 Å². The summed E-state index contributed by atoms with van der Waals surface area (Å²) in [6.45, 7) is 0.0852. The monoisotopic (exact) mass is 355 g/mol. The first-order chi connectivity index (χ1) is 11.4. The summed E-state index contributed by atoms with van der Waals surface area (Å²) in [5, 5.41) is 28.0. The first kappa shape index (κ1) is 20.1. The highest BCUT2D eigenvalue weighted by Crippen LogP contribution is 2.37. The third-order valence-corrected chi connectivity index (χ3v) is 5.96. The fourth-order valence-electron chi connectivity index (χ4n) is 2.07. The topological polar surface area (TPSA) is 115 Å². The number of rotatable bonds is 11. The number of hydrogen-bond acceptors (Lipinski definition) is 4. The van der Waals surface area contributed by atoms with Crippen LogP contribution in [0.25, 0.3) is 0 Å². The zero-order valence-corrected chi connectivity index (χ0v) is 14.2. The van der Waals surface area contributed by atoms with Crippen LogP contribution >= 0.6 is 7.92 Å². The maximum atomic E-state index is 12.0. The van der Waals surface area contributed by atoms with Crippen molar-refractivity contribution in [3.63, 3.8) is 0 Å². The molecule has 0 aliphatic heterocycles. The molecule has 0 aliphatic rings. The van der Waals surface area contributed by atoms with E-state index in [0.717, 1.165) is 5.56 Å². The van der Waals surface area contributed by atoms with Crippen LogP contribution in [0.2, 0.25) is 0 Å². The lowest BCUT2D eigenvalue weighted by atomic mass is 10.2. The van der Waals surface area contributed by atoms with Crippen LogP contribution in [-0.4, -0.2) is 56.8 Å². The predicted octanol–water partition coefficient (Wildman–Crippen LogP) is 2.23. The zero-order valence-electron chi connectivity index (χ0n) is 13.3. The van der Waals surface area contributed by atoms with Crippen LogP contribution in [0, 0.1) is 0 Å². The van der Waals surface area contributed by atoms with Crippen LogP contribution in [0.5, 0.6) is 0 Å². The average molecular weight is 355 g/mol. The Labute approximate surface area is 141 Å². The molecule has 7 nitrogen and oxygen atoms in total. The van der Waals surface area contributed by atoms with Gasteiger partial charge in [-0.25, -0.2) is 5.06 Å². The van der Waals surface area contributed by atoms with Gasteiger partial charge >= 0.3 is 11.9 Å². The summed E-state index contributed by atoms with van der Waals surface area (Å²) in [7, 11) is -0.862. The van der Waals surface area contributed by atoms with E-state index in [4.69, 9.17) is 10.2 Å². The quantitative estimate of drug-likeness (QED) is 0.318. The van der Waals surface area contributed by atoms with Crippen molar-refractivity contribution in [1.29, 1.82) is 0 Å². The number of carbonyl (C=O) groups excluding carboxylic acids is 1. The Bertz CT molecular complexity index is 533. The normalized spacial score (nSPS) is 10.6. The first-order valence-electron chi connectivity index (χ1n) is 7.57. The Morgan fingerprint density at radius 2 is 1.38 bits per heavy atom. The molecule has 1 rings (SSSR count). The van der Waals surface area contributed by atoms with Crippen LogP contribution < -0.4 is 0 Å². The van der Waals surface area contributed by atoms with Crippen molar-refractivity contribution in [2.75, 3.05) is 18.5 Å². The summed E-state index contributed by atoms with van der Waals surface area (Å²) in [5.41, 5.74) is 0.798. The van der Waals surface area contributed by atoms with Gasteiger partial charge in [-0.1, -0.05) is 30.3 Å². The number of amides is 1. The Balaban J connectivity index is 2.46. The Kier molecular flexibility index (Phi) is 8.97. The van der Waals surface area contributed by atoms with Crippen LogP contribution in [-0.2, 0) is 20.9 Å². The predicted molar refractivity (Wildman–Crippen MR) is 89.4 cm³/mol. The van der Waals surface area contributed by atoms with E-state index in [2.05, 4.69) is 0 Å². The Morgan fingerprint density at radius 3 is 1.88 bits per heavy atom. The number of carbonyl (C=O) groups is 3. The molecule has 1 aromatic rings. The van der Waals surface area contributed by atoms with Gasteiger partial charge in [0.2, 0.25) is 5.91 Å². The minimum atomic E-state index is -0.933. The minimum absolute atomic E-state index is 0.0353. The molecule has 0 unspecified atom stereocenters. The number of hydroxylamine groups is 2. The van der Waals surface area contributed by atoms with E-state index in [1.165, 1.54) is 0 Å². The molecule has 0 saturated carbocycles. The zero-order chi connectivity index (χ0) is 17.9. The van der Waals surface area contributed by atoms with Gasteiger partial charge in [0.25, 0.3) is 0 Å². The van der Waals surface area contributed by atoms with Crippen LogP contribution in [0.15, 0.2) is 30.3 Å². The van der Waals surface area contributed by atoms with Gasteiger partial charge in [0.05, 0.1) is 6.54 Å². The SMILES string of the molecule is O=C(O)CCP(CCC(=O)O)CCC(=O)N(O)Cc1ccccc1. The van der Waals surface area contributed by atoms with Gasteiger partial charge in [-0.3, -0.25) is 19.6 Å². The van der Waals surface area contributed by atoms with E-state index >= 15 is 0 Å². The van der Waals surface area contributed by atoms with Crippen molar-refractivity contribution >= 4 is 25.8 Å². The molecule has 0 fully saturated rings. The van der Waals surface area contributed by atoms with Crippen molar-refractivity contribution in [2.24, 2.45) is 0 Å². The van der Waals surface area contributed by atoms with Crippen LogP contribution in [0.3, 0.4) is 0 Å². The number of benzene rings is 1. The number of aliphatic carboxylic acids is 2. The molecule has 0 spiro atoms. The second-order valence-electron chi connectivity index (χ2n) is 5.32. The van der Waals surface area contributed by atoms with E-state index < -0.39 is 25.8 Å². The summed E-state index contributed by atoms with van der Waals surface area (Å²) in [5.74, 6) is -2.31. The van der Waals surface area contributed by atoms with Crippen molar-refractivity contribution < 1.29 is 29.8 Å². The summed E-state index contributed by atoms with van der Waals surface area (Å²) in [6.07, 6.45) is 1.19. The van der Waals surface area contributed by atoms with Gasteiger partial charge < -0.3 is 10.2 Å². The molecule has 132 valence electrons. The second-order valence-corrected chi connectivity index (χ2v) is 8.00. The van der Waals surface area contributed by atoms with E-state index in [0.29, 0.717) is 23.5 Å². The molecule has 1 amide bonds. The van der Waals surface area contributed by atoms with Gasteiger partial charge in [-0.05, 0) is 24.0 Å². The molecule has 0 radical (unpaired) electrons. The molecule has 0 heterocycles. The lowest BCUT2D eigenvalue weighted by Crippen LogP contribution is -2.27.